The van der Waals surface area contributed by atoms with Crippen LogP contribution < -0.4 is 5.73 Å². The fourth-order valence-electron chi connectivity index (χ4n) is 2.53. The van der Waals surface area contributed by atoms with E-state index in [1.54, 1.807) is 27.7 Å². The first kappa shape index (κ1) is 21.0. The first-order valence-corrected chi connectivity index (χ1v) is 7.56. The summed E-state index contributed by atoms with van der Waals surface area (Å²) in [6.45, 7) is 6.42. The summed E-state index contributed by atoms with van der Waals surface area (Å²) in [4.78, 5) is 0. The second-order valence-corrected chi connectivity index (χ2v) is 7.07. The van der Waals surface area contributed by atoms with Crippen molar-refractivity contribution in [1.29, 1.82) is 0 Å². The van der Waals surface area contributed by atoms with Crippen LogP contribution >= 0.6 is 0 Å². The maximum absolute atomic E-state index is 14.3. The lowest BCUT2D eigenvalue weighted by atomic mass is 9.73. The smallest absolute Gasteiger partial charge is 0.402 e. The van der Waals surface area contributed by atoms with Crippen LogP contribution in [0.25, 0.3) is 0 Å². The van der Waals surface area contributed by atoms with Crippen LogP contribution in [0.2, 0.25) is 0 Å². The van der Waals surface area contributed by atoms with Crippen molar-refractivity contribution in [3.8, 4) is 0 Å². The minimum atomic E-state index is -5.25. The Kier molecular flexibility index (Phi) is 4.92. The van der Waals surface area contributed by atoms with Crippen LogP contribution in [0.5, 0.6) is 0 Å². The maximum atomic E-state index is 14.3. The lowest BCUT2D eigenvalue weighted by Crippen LogP contribution is -2.41. The van der Waals surface area contributed by atoms with Crippen LogP contribution in [-0.4, -0.2) is 18.3 Å². The Morgan fingerprint density at radius 2 is 1.38 bits per heavy atom. The second-order valence-electron chi connectivity index (χ2n) is 7.07. The standard InChI is InChI=1S/C15H17BF7NO2/c1-12(2)13(3,4)26-16(25-12)11(24)10-8(15(21,22)23)5-7(6-9(10)17)14(18,19)20/h5-6,11H,24H2,1-4H3/t11-/m1/s1. The Labute approximate surface area is 145 Å². The third-order valence-corrected chi connectivity index (χ3v) is 4.66. The molecule has 2 N–H and O–H groups in total. The van der Waals surface area contributed by atoms with Gasteiger partial charge in [-0.1, -0.05) is 0 Å². The topological polar surface area (TPSA) is 44.5 Å². The van der Waals surface area contributed by atoms with Crippen molar-refractivity contribution in [3.63, 3.8) is 0 Å². The van der Waals surface area contributed by atoms with Gasteiger partial charge in [-0.2, -0.15) is 26.3 Å². The van der Waals surface area contributed by atoms with Crippen LogP contribution in [0.15, 0.2) is 12.1 Å². The van der Waals surface area contributed by atoms with E-state index in [0.717, 1.165) is 0 Å². The minimum Gasteiger partial charge on any atom is -0.402 e. The molecule has 1 saturated heterocycles. The number of rotatable bonds is 2. The molecule has 0 aromatic heterocycles. The molecule has 146 valence electrons. The lowest BCUT2D eigenvalue weighted by molar-refractivity contribution is -0.143. The molecule has 0 spiro atoms. The van der Waals surface area contributed by atoms with Gasteiger partial charge in [-0.05, 0) is 39.8 Å². The molecule has 0 radical (unpaired) electrons. The van der Waals surface area contributed by atoms with Gasteiger partial charge in [-0.25, -0.2) is 4.39 Å². The Morgan fingerprint density at radius 3 is 1.77 bits per heavy atom. The van der Waals surface area contributed by atoms with Crippen LogP contribution in [0.3, 0.4) is 0 Å². The molecular formula is C15H17BF7NO2. The number of hydrogen-bond donors (Lipinski definition) is 1. The third-order valence-electron chi connectivity index (χ3n) is 4.66. The molecule has 1 aromatic carbocycles. The van der Waals surface area contributed by atoms with Gasteiger partial charge in [0.25, 0.3) is 0 Å². The molecule has 1 aliphatic rings. The van der Waals surface area contributed by atoms with Crippen molar-refractivity contribution >= 4 is 7.12 Å². The van der Waals surface area contributed by atoms with Gasteiger partial charge < -0.3 is 15.0 Å². The number of benzene rings is 1. The van der Waals surface area contributed by atoms with E-state index in [9.17, 15) is 30.7 Å². The highest BCUT2D eigenvalue weighted by Gasteiger charge is 2.55. The average Bonchev–Trinajstić information content (AvgIpc) is 2.63. The molecule has 11 heteroatoms. The monoisotopic (exact) mass is 387 g/mol. The van der Waals surface area contributed by atoms with Crippen molar-refractivity contribution in [2.45, 2.75) is 57.2 Å². The highest BCUT2D eigenvalue weighted by atomic mass is 19.4. The lowest BCUT2D eigenvalue weighted by Gasteiger charge is -2.32. The fourth-order valence-corrected chi connectivity index (χ4v) is 2.53. The Balaban J connectivity index is 2.56. The van der Waals surface area contributed by atoms with E-state index in [1.165, 1.54) is 0 Å². The molecule has 3 nitrogen and oxygen atoms in total. The highest BCUT2D eigenvalue weighted by Crippen LogP contribution is 2.44. The van der Waals surface area contributed by atoms with Gasteiger partial charge in [-0.3, -0.25) is 0 Å². The average molecular weight is 387 g/mol. The maximum Gasteiger partial charge on any atom is 0.480 e. The molecule has 1 aliphatic heterocycles. The SMILES string of the molecule is CC1(C)OB([C@H](N)c2c(F)cc(C(F)(F)F)cc2C(F)(F)F)OC1(C)C. The number of hydrogen-bond acceptors (Lipinski definition) is 3. The first-order valence-electron chi connectivity index (χ1n) is 7.56. The predicted molar refractivity (Wildman–Crippen MR) is 79.4 cm³/mol. The fraction of sp³-hybridized carbons (Fsp3) is 0.600. The molecule has 0 amide bonds. The zero-order chi connectivity index (χ0) is 20.3. The van der Waals surface area contributed by atoms with Crippen molar-refractivity contribution in [2.75, 3.05) is 0 Å². The molecule has 1 atom stereocenters. The Hall–Kier alpha value is -1.33. The van der Waals surface area contributed by atoms with Crippen molar-refractivity contribution in [2.24, 2.45) is 5.73 Å². The molecule has 0 aliphatic carbocycles. The summed E-state index contributed by atoms with van der Waals surface area (Å²) in [5, 5.41) is 0. The highest BCUT2D eigenvalue weighted by molar-refractivity contribution is 6.47. The number of nitrogens with two attached hydrogens (primary N) is 1. The Bertz CT molecular complexity index is 684. The van der Waals surface area contributed by atoms with Crippen LogP contribution in [0.4, 0.5) is 30.7 Å². The van der Waals surface area contributed by atoms with Crippen LogP contribution in [0, 0.1) is 5.82 Å². The molecular weight excluding hydrogens is 370 g/mol. The van der Waals surface area contributed by atoms with E-state index < -0.39 is 59.1 Å². The summed E-state index contributed by atoms with van der Waals surface area (Å²) >= 11 is 0. The zero-order valence-corrected chi connectivity index (χ0v) is 14.3. The van der Waals surface area contributed by atoms with E-state index in [-0.39, 0.29) is 12.1 Å². The minimum absolute atomic E-state index is 0.0182. The molecule has 1 aromatic rings. The summed E-state index contributed by atoms with van der Waals surface area (Å²) in [5.41, 5.74) is -0.901. The Morgan fingerprint density at radius 1 is 0.923 bits per heavy atom. The van der Waals surface area contributed by atoms with E-state index >= 15 is 0 Å². The van der Waals surface area contributed by atoms with Gasteiger partial charge in [0.15, 0.2) is 0 Å². The van der Waals surface area contributed by atoms with E-state index in [2.05, 4.69) is 0 Å². The van der Waals surface area contributed by atoms with Gasteiger partial charge in [0.1, 0.15) is 5.82 Å². The normalized spacial score (nSPS) is 21.2. The van der Waals surface area contributed by atoms with Crippen molar-refractivity contribution in [3.05, 3.63) is 34.6 Å². The molecule has 26 heavy (non-hydrogen) atoms. The summed E-state index contributed by atoms with van der Waals surface area (Å²) in [5.74, 6) is -3.51. The second kappa shape index (κ2) is 6.10. The molecule has 0 unspecified atom stereocenters. The quantitative estimate of drug-likeness (QED) is 0.601. The van der Waals surface area contributed by atoms with Crippen LogP contribution in [-0.2, 0) is 21.7 Å². The van der Waals surface area contributed by atoms with Gasteiger partial charge in [0.2, 0.25) is 0 Å². The van der Waals surface area contributed by atoms with E-state index in [4.69, 9.17) is 15.0 Å². The third kappa shape index (κ3) is 3.70. The molecule has 1 heterocycles. The van der Waals surface area contributed by atoms with Gasteiger partial charge >= 0.3 is 19.5 Å². The molecule has 0 bridgehead atoms. The molecule has 0 saturated carbocycles. The van der Waals surface area contributed by atoms with Gasteiger partial charge in [0.05, 0.1) is 28.3 Å². The molecule has 2 rings (SSSR count). The summed E-state index contributed by atoms with van der Waals surface area (Å²) in [6.07, 6.45) is -10.4. The van der Waals surface area contributed by atoms with E-state index in [1.807, 2.05) is 0 Å². The summed E-state index contributed by atoms with van der Waals surface area (Å²) < 4.78 is 103. The van der Waals surface area contributed by atoms with Crippen LogP contribution in [0.1, 0.15) is 50.3 Å². The van der Waals surface area contributed by atoms with Gasteiger partial charge in [-0.15, -0.1) is 0 Å². The number of alkyl halides is 6. The summed E-state index contributed by atoms with van der Waals surface area (Å²) in [7, 11) is -1.47. The van der Waals surface area contributed by atoms with Gasteiger partial charge in [0, 0.05) is 5.56 Å². The summed E-state index contributed by atoms with van der Waals surface area (Å²) in [6, 6.07) is -0.181. The predicted octanol–water partition coefficient (Wildman–Crippen LogP) is 4.49. The first-order chi connectivity index (χ1) is 11.5. The largest absolute Gasteiger partial charge is 0.480 e. The zero-order valence-electron chi connectivity index (χ0n) is 14.3. The number of halogens is 7. The van der Waals surface area contributed by atoms with E-state index in [0.29, 0.717) is 0 Å². The van der Waals surface area contributed by atoms with Crippen molar-refractivity contribution < 1.29 is 40.0 Å². The van der Waals surface area contributed by atoms with Crippen molar-refractivity contribution in [1.82, 2.24) is 0 Å². The molecule has 1 fully saturated rings.